The Bertz CT molecular complexity index is 857. The fraction of sp³-hybridized carbons (Fsp3) is 0. The van der Waals surface area contributed by atoms with Crippen molar-refractivity contribution in [3.05, 3.63) is 121 Å². The van der Waals surface area contributed by atoms with E-state index in [1.165, 1.54) is 11.1 Å². The third kappa shape index (κ3) is 4.58. The van der Waals surface area contributed by atoms with Gasteiger partial charge in [0.2, 0.25) is 0 Å². The maximum atomic E-state index is 3.89. The molecule has 0 saturated carbocycles. The van der Waals surface area contributed by atoms with E-state index in [1.807, 2.05) is 48.7 Å². The summed E-state index contributed by atoms with van der Waals surface area (Å²) in [4.78, 5) is 0. The molecule has 0 amide bonds. The molecule has 0 aromatic heterocycles. The van der Waals surface area contributed by atoms with Crippen molar-refractivity contribution < 1.29 is 0 Å². The first-order valence-corrected chi connectivity index (χ1v) is 8.33. The van der Waals surface area contributed by atoms with Crippen molar-refractivity contribution in [1.29, 1.82) is 0 Å². The van der Waals surface area contributed by atoms with Gasteiger partial charge in [0, 0.05) is 11.9 Å². The SMILES string of the molecule is C=C/C(=C\C=C\Nc1ccc(-c2ccccc2)cc1)c1ccccc1. The molecular formula is C24H21N. The van der Waals surface area contributed by atoms with E-state index in [9.17, 15) is 0 Å². The molecule has 3 rings (SSSR count). The molecule has 0 radical (unpaired) electrons. The Morgan fingerprint density at radius 1 is 0.720 bits per heavy atom. The monoisotopic (exact) mass is 323 g/mol. The highest BCUT2D eigenvalue weighted by atomic mass is 14.8. The van der Waals surface area contributed by atoms with E-state index in [1.54, 1.807) is 0 Å². The zero-order valence-electron chi connectivity index (χ0n) is 14.1. The van der Waals surface area contributed by atoms with E-state index >= 15 is 0 Å². The van der Waals surface area contributed by atoms with Crippen LogP contribution in [0.1, 0.15) is 5.56 Å². The molecule has 1 N–H and O–H groups in total. The van der Waals surface area contributed by atoms with Gasteiger partial charge in [-0.25, -0.2) is 0 Å². The molecule has 3 aromatic rings. The van der Waals surface area contributed by atoms with Crippen molar-refractivity contribution in [2.75, 3.05) is 5.32 Å². The van der Waals surface area contributed by atoms with E-state index in [0.29, 0.717) is 0 Å². The molecule has 0 aliphatic rings. The van der Waals surface area contributed by atoms with Crippen LogP contribution in [-0.2, 0) is 0 Å². The highest BCUT2D eigenvalue weighted by Gasteiger charge is 1.96. The predicted molar refractivity (Wildman–Crippen MR) is 109 cm³/mol. The van der Waals surface area contributed by atoms with Crippen LogP contribution in [0, 0.1) is 0 Å². The van der Waals surface area contributed by atoms with Crippen LogP contribution in [0.5, 0.6) is 0 Å². The second-order valence-electron chi connectivity index (χ2n) is 5.64. The van der Waals surface area contributed by atoms with Crippen LogP contribution in [-0.4, -0.2) is 0 Å². The lowest BCUT2D eigenvalue weighted by Crippen LogP contribution is -1.87. The molecule has 0 fully saturated rings. The lowest BCUT2D eigenvalue weighted by atomic mass is 10.1. The first-order valence-electron chi connectivity index (χ1n) is 8.33. The zero-order valence-corrected chi connectivity index (χ0v) is 14.1. The second kappa shape index (κ2) is 8.51. The van der Waals surface area contributed by atoms with Crippen LogP contribution < -0.4 is 5.32 Å². The Hall–Kier alpha value is -3.32. The minimum Gasteiger partial charge on any atom is -0.362 e. The van der Waals surface area contributed by atoms with Crippen molar-refractivity contribution in [1.82, 2.24) is 0 Å². The molecule has 0 bridgehead atoms. The van der Waals surface area contributed by atoms with Crippen LogP contribution in [0.15, 0.2) is 116 Å². The molecule has 1 nitrogen and oxygen atoms in total. The van der Waals surface area contributed by atoms with Crippen molar-refractivity contribution in [3.63, 3.8) is 0 Å². The summed E-state index contributed by atoms with van der Waals surface area (Å²) in [5.74, 6) is 0. The normalized spacial score (nSPS) is 11.4. The smallest absolute Gasteiger partial charge is 0.0380 e. The molecule has 0 saturated heterocycles. The van der Waals surface area contributed by atoms with Gasteiger partial charge in [-0.3, -0.25) is 0 Å². The van der Waals surface area contributed by atoms with E-state index in [0.717, 1.165) is 16.8 Å². The van der Waals surface area contributed by atoms with Crippen molar-refractivity contribution in [2.24, 2.45) is 0 Å². The molecule has 0 aliphatic heterocycles. The Morgan fingerprint density at radius 3 is 1.96 bits per heavy atom. The van der Waals surface area contributed by atoms with Crippen LogP contribution >= 0.6 is 0 Å². The Kier molecular flexibility index (Phi) is 5.63. The van der Waals surface area contributed by atoms with Gasteiger partial charge in [-0.15, -0.1) is 0 Å². The third-order valence-corrected chi connectivity index (χ3v) is 3.94. The zero-order chi connectivity index (χ0) is 17.3. The van der Waals surface area contributed by atoms with E-state index in [2.05, 4.69) is 72.6 Å². The minimum absolute atomic E-state index is 1.06. The first-order chi connectivity index (χ1) is 12.4. The maximum Gasteiger partial charge on any atom is 0.0380 e. The third-order valence-electron chi connectivity index (χ3n) is 3.94. The van der Waals surface area contributed by atoms with Crippen molar-refractivity contribution in [3.8, 4) is 11.1 Å². The number of nitrogens with one attached hydrogen (secondary N) is 1. The fourth-order valence-corrected chi connectivity index (χ4v) is 2.60. The summed E-state index contributed by atoms with van der Waals surface area (Å²) >= 11 is 0. The molecule has 0 heterocycles. The quantitative estimate of drug-likeness (QED) is 0.507. The Balaban J connectivity index is 1.64. The topological polar surface area (TPSA) is 12.0 Å². The maximum absolute atomic E-state index is 3.89. The van der Waals surface area contributed by atoms with Crippen LogP contribution in [0.25, 0.3) is 16.7 Å². The van der Waals surface area contributed by atoms with Gasteiger partial charge in [-0.2, -0.15) is 0 Å². The van der Waals surface area contributed by atoms with Gasteiger partial charge in [0.05, 0.1) is 0 Å². The Labute approximate surface area is 149 Å². The summed E-state index contributed by atoms with van der Waals surface area (Å²) in [6.07, 6.45) is 7.85. The largest absolute Gasteiger partial charge is 0.362 e. The van der Waals surface area contributed by atoms with E-state index < -0.39 is 0 Å². The number of hydrogen-bond donors (Lipinski definition) is 1. The molecule has 0 aliphatic carbocycles. The number of hydrogen-bond acceptors (Lipinski definition) is 1. The van der Waals surface area contributed by atoms with Crippen LogP contribution in [0.3, 0.4) is 0 Å². The van der Waals surface area contributed by atoms with Gasteiger partial charge >= 0.3 is 0 Å². The van der Waals surface area contributed by atoms with Gasteiger partial charge in [0.1, 0.15) is 0 Å². The standard InChI is InChI=1S/C24H21N/c1-2-20(21-10-5-3-6-11-21)14-9-19-25-24-17-15-23(16-18-24)22-12-7-4-8-13-22/h2-19,25H,1H2/b19-9+,20-14+. The van der Waals surface area contributed by atoms with Gasteiger partial charge in [0.15, 0.2) is 0 Å². The van der Waals surface area contributed by atoms with E-state index in [4.69, 9.17) is 0 Å². The van der Waals surface area contributed by atoms with Crippen LogP contribution in [0.4, 0.5) is 5.69 Å². The van der Waals surface area contributed by atoms with Crippen molar-refractivity contribution in [2.45, 2.75) is 0 Å². The highest BCUT2D eigenvalue weighted by Crippen LogP contribution is 2.21. The molecule has 3 aromatic carbocycles. The number of rotatable bonds is 6. The van der Waals surface area contributed by atoms with Gasteiger partial charge in [-0.1, -0.05) is 91.5 Å². The van der Waals surface area contributed by atoms with Gasteiger partial charge < -0.3 is 5.32 Å². The average Bonchev–Trinajstić information content (AvgIpc) is 2.70. The fourth-order valence-electron chi connectivity index (χ4n) is 2.60. The average molecular weight is 323 g/mol. The second-order valence-corrected chi connectivity index (χ2v) is 5.64. The number of benzene rings is 3. The molecule has 0 atom stereocenters. The highest BCUT2D eigenvalue weighted by molar-refractivity contribution is 5.74. The van der Waals surface area contributed by atoms with Crippen molar-refractivity contribution >= 4 is 11.3 Å². The Morgan fingerprint density at radius 2 is 1.32 bits per heavy atom. The summed E-state index contributed by atoms with van der Waals surface area (Å²) in [5.41, 5.74) is 5.76. The van der Waals surface area contributed by atoms with Crippen LogP contribution in [0.2, 0.25) is 0 Å². The number of anilines is 1. The number of allylic oxidation sites excluding steroid dienone is 4. The lowest BCUT2D eigenvalue weighted by Gasteiger charge is -2.04. The molecular weight excluding hydrogens is 302 g/mol. The summed E-state index contributed by atoms with van der Waals surface area (Å²) < 4.78 is 0. The van der Waals surface area contributed by atoms with Gasteiger partial charge in [-0.05, 0) is 40.5 Å². The van der Waals surface area contributed by atoms with E-state index in [-0.39, 0.29) is 0 Å². The molecule has 0 spiro atoms. The first kappa shape index (κ1) is 16.5. The summed E-state index contributed by atoms with van der Waals surface area (Å²) in [6, 6.07) is 29.0. The van der Waals surface area contributed by atoms with Gasteiger partial charge in [0.25, 0.3) is 0 Å². The lowest BCUT2D eigenvalue weighted by molar-refractivity contribution is 1.56. The summed E-state index contributed by atoms with van der Waals surface area (Å²) in [5, 5.41) is 3.29. The molecule has 0 unspecified atom stereocenters. The molecule has 1 heteroatoms. The summed E-state index contributed by atoms with van der Waals surface area (Å²) in [7, 11) is 0. The summed E-state index contributed by atoms with van der Waals surface area (Å²) in [6.45, 7) is 3.89. The molecule has 25 heavy (non-hydrogen) atoms. The molecule has 122 valence electrons. The predicted octanol–water partition coefficient (Wildman–Crippen LogP) is 6.55. The minimum atomic E-state index is 1.06.